The van der Waals surface area contributed by atoms with Crippen molar-refractivity contribution in [2.45, 2.75) is 50.9 Å². The van der Waals surface area contributed by atoms with Gasteiger partial charge in [0.25, 0.3) is 0 Å². The fourth-order valence-corrected chi connectivity index (χ4v) is 12.4. The zero-order valence-corrected chi connectivity index (χ0v) is 40.7. The van der Waals surface area contributed by atoms with Crippen LogP contribution in [0.5, 0.6) is 0 Å². The van der Waals surface area contributed by atoms with Crippen LogP contribution in [-0.2, 0) is 4.79 Å². The van der Waals surface area contributed by atoms with Crippen LogP contribution in [0, 0.1) is 17.8 Å². The number of carbonyl (C=O) groups is 2. The number of fused-ring (bicyclic) bond motifs is 4. The smallest absolute Gasteiger partial charge is 0.314 e. The lowest BCUT2D eigenvalue weighted by molar-refractivity contribution is -0.134. The van der Waals surface area contributed by atoms with Crippen molar-refractivity contribution in [3.8, 4) is 0 Å². The van der Waals surface area contributed by atoms with Gasteiger partial charge in [0.05, 0.1) is 5.69 Å². The molecule has 3 saturated heterocycles. The lowest BCUT2D eigenvalue weighted by Gasteiger charge is -2.38. The Morgan fingerprint density at radius 3 is 2.17 bits per heavy atom. The Hall–Kier alpha value is -2.71. The van der Waals surface area contributed by atoms with Gasteiger partial charge >= 0.3 is 6.03 Å². The highest BCUT2D eigenvalue weighted by Gasteiger charge is 2.36. The number of primary amides is 1. The molecule has 1 atom stereocenters. The Morgan fingerprint density at radius 2 is 1.45 bits per heavy atom. The maximum absolute atomic E-state index is 13.1. The molecule has 1 aromatic heterocycles. The maximum Gasteiger partial charge on any atom is 0.314 e. The number of halogens is 6. The minimum atomic E-state index is -0.366. The van der Waals surface area contributed by atoms with Crippen LogP contribution in [-0.4, -0.2) is 66.0 Å². The molecule has 3 amide bonds. The van der Waals surface area contributed by atoms with Crippen molar-refractivity contribution >= 4 is 123 Å². The highest BCUT2D eigenvalue weighted by molar-refractivity contribution is 9.12. The predicted molar refractivity (Wildman–Crippen MR) is 259 cm³/mol. The molecule has 8 nitrogen and oxygen atoms in total. The molecule has 0 bridgehead atoms. The molecule has 6 aliphatic rings. The number of likely N-dealkylation sites (tertiary alicyclic amines) is 2. The number of hydrogen-bond donors (Lipinski definition) is 2. The van der Waals surface area contributed by atoms with Gasteiger partial charge in [0, 0.05) is 68.2 Å². The second-order valence-corrected chi connectivity index (χ2v) is 20.6. The van der Waals surface area contributed by atoms with E-state index in [-0.39, 0.29) is 17.9 Å². The fourth-order valence-electron chi connectivity index (χ4n) is 9.54. The van der Waals surface area contributed by atoms with Gasteiger partial charge in [-0.1, -0.05) is 95.3 Å². The standard InChI is InChI=1S/C27H29Br2ClN4O2.C19H16Br2ClN2/c28-20-12-19-2-1-18-13-21(30)14-22(29)24(18)25(26(19)32-15-20)17-5-9-33(10-6-17)23(35)11-16-3-7-34(8-4-16)27(31)36;20-14-7-13-2-1-12-8-15(22)9-16(21)17(12)18(19(13)24-10-14)11-3-5-23-6-4-11/h1-2,12-17,25H,3-11H2,(H2,31,36);1-2,7-11,23H,3-6H2/q;-1. The topological polar surface area (TPSA) is 106 Å². The molecule has 3 N–H and O–H groups in total. The van der Waals surface area contributed by atoms with Crippen molar-refractivity contribution in [1.82, 2.24) is 20.1 Å². The van der Waals surface area contributed by atoms with Crippen molar-refractivity contribution in [2.75, 3.05) is 39.3 Å². The minimum absolute atomic E-state index is 0.111. The van der Waals surface area contributed by atoms with E-state index in [1.165, 1.54) is 16.7 Å². The molecule has 60 heavy (non-hydrogen) atoms. The van der Waals surface area contributed by atoms with Crippen LogP contribution in [0.1, 0.15) is 84.4 Å². The predicted octanol–water partition coefficient (Wildman–Crippen LogP) is 12.7. The molecule has 0 spiro atoms. The van der Waals surface area contributed by atoms with Crippen molar-refractivity contribution < 1.29 is 9.59 Å². The lowest BCUT2D eigenvalue weighted by Crippen LogP contribution is -2.44. The van der Waals surface area contributed by atoms with Crippen molar-refractivity contribution in [3.05, 3.63) is 133 Å². The molecule has 3 aromatic rings. The Bertz CT molecular complexity index is 2340. The summed E-state index contributed by atoms with van der Waals surface area (Å²) in [6.07, 6.45) is 20.8. The number of amides is 3. The number of benzene rings is 2. The van der Waals surface area contributed by atoms with Gasteiger partial charge in [0.15, 0.2) is 0 Å². The average Bonchev–Trinajstić information content (AvgIpc) is 3.49. The molecule has 9 rings (SSSR count). The first kappa shape index (κ1) is 43.9. The van der Waals surface area contributed by atoms with Gasteiger partial charge < -0.3 is 26.2 Å². The monoisotopic (exact) mass is 1100 g/mol. The third-order valence-electron chi connectivity index (χ3n) is 12.5. The summed E-state index contributed by atoms with van der Waals surface area (Å²) in [5, 5.41) is 9.69. The number of allylic oxidation sites excluding steroid dienone is 4. The summed E-state index contributed by atoms with van der Waals surface area (Å²) < 4.78 is 3.99. The van der Waals surface area contributed by atoms with E-state index in [2.05, 4.69) is 105 Å². The summed E-state index contributed by atoms with van der Waals surface area (Å²) in [5.41, 5.74) is 15.8. The number of rotatable bonds is 4. The van der Waals surface area contributed by atoms with Gasteiger partial charge in [-0.2, -0.15) is 6.20 Å². The van der Waals surface area contributed by atoms with E-state index in [4.69, 9.17) is 39.2 Å². The lowest BCUT2D eigenvalue weighted by atomic mass is 9.76. The molecule has 14 heteroatoms. The first-order valence-corrected chi connectivity index (χ1v) is 24.4. The van der Waals surface area contributed by atoms with Crippen molar-refractivity contribution in [2.24, 2.45) is 23.5 Å². The summed E-state index contributed by atoms with van der Waals surface area (Å²) in [6.45, 7) is 4.89. The summed E-state index contributed by atoms with van der Waals surface area (Å²) in [7, 11) is 0. The molecule has 2 aliphatic carbocycles. The van der Waals surface area contributed by atoms with Gasteiger partial charge in [-0.25, -0.2) is 4.79 Å². The number of nitrogens with zero attached hydrogens (tertiary/aromatic N) is 4. The fraction of sp³-hybridized carbons (Fsp3) is 0.370. The van der Waals surface area contributed by atoms with E-state index in [1.54, 1.807) is 4.90 Å². The molecular weight excluding hydrogens is 1060 g/mol. The van der Waals surface area contributed by atoms with E-state index in [0.717, 1.165) is 121 Å². The summed E-state index contributed by atoms with van der Waals surface area (Å²) >= 11 is 27.4. The second kappa shape index (κ2) is 19.4. The van der Waals surface area contributed by atoms with Gasteiger partial charge in [-0.15, -0.1) is 5.70 Å². The van der Waals surface area contributed by atoms with Crippen LogP contribution in [0.2, 0.25) is 10.0 Å². The largest absolute Gasteiger partial charge is 0.662 e. The minimum Gasteiger partial charge on any atom is -0.662 e. The van der Waals surface area contributed by atoms with E-state index in [9.17, 15) is 9.59 Å². The zero-order chi connectivity index (χ0) is 42.1. The number of urea groups is 1. The Morgan fingerprint density at radius 1 is 0.800 bits per heavy atom. The molecule has 1 unspecified atom stereocenters. The van der Waals surface area contributed by atoms with Crippen LogP contribution < -0.4 is 11.1 Å². The van der Waals surface area contributed by atoms with Crippen LogP contribution in [0.3, 0.4) is 0 Å². The van der Waals surface area contributed by atoms with Gasteiger partial charge in [-0.05, 0) is 165 Å². The third kappa shape index (κ3) is 9.75. The molecule has 0 saturated carbocycles. The molecule has 314 valence electrons. The molecule has 5 heterocycles. The Balaban J connectivity index is 0.000000180. The normalized spacial score (nSPS) is 20.6. The number of nitrogens with two attached hydrogens (primary N) is 1. The maximum atomic E-state index is 13.1. The summed E-state index contributed by atoms with van der Waals surface area (Å²) in [5.74, 6) is 1.51. The summed E-state index contributed by atoms with van der Waals surface area (Å²) in [4.78, 5) is 33.1. The van der Waals surface area contributed by atoms with E-state index < -0.39 is 0 Å². The van der Waals surface area contributed by atoms with E-state index in [0.29, 0.717) is 42.3 Å². The number of pyridine rings is 1. The molecule has 0 radical (unpaired) electrons. The molecular formula is C46H45Br4Cl2N6O2-. The zero-order valence-electron chi connectivity index (χ0n) is 32.9. The van der Waals surface area contributed by atoms with E-state index in [1.807, 2.05) is 41.6 Å². The number of aromatic nitrogens is 1. The third-order valence-corrected chi connectivity index (χ3v) is 15.1. The number of hydrogen-bond acceptors (Lipinski definition) is 4. The quantitative estimate of drug-likeness (QED) is 0.271. The van der Waals surface area contributed by atoms with Gasteiger partial charge in [-0.3, -0.25) is 9.78 Å². The number of carbonyl (C=O) groups excluding carboxylic acids is 2. The van der Waals surface area contributed by atoms with Crippen LogP contribution in [0.25, 0.3) is 29.1 Å². The second-order valence-electron chi connectivity index (χ2n) is 16.2. The first-order chi connectivity index (χ1) is 28.9. The first-order valence-electron chi connectivity index (χ1n) is 20.5. The van der Waals surface area contributed by atoms with Gasteiger partial charge in [0.2, 0.25) is 5.91 Å². The van der Waals surface area contributed by atoms with Crippen LogP contribution in [0.4, 0.5) is 4.79 Å². The van der Waals surface area contributed by atoms with Gasteiger partial charge in [0.1, 0.15) is 0 Å². The Labute approximate surface area is 395 Å². The Kier molecular flexibility index (Phi) is 14.2. The van der Waals surface area contributed by atoms with Crippen LogP contribution >= 0.6 is 86.9 Å². The highest BCUT2D eigenvalue weighted by Crippen LogP contribution is 2.48. The molecule has 3 fully saturated rings. The van der Waals surface area contributed by atoms with E-state index >= 15 is 0 Å². The average molecular weight is 1100 g/mol. The van der Waals surface area contributed by atoms with Crippen LogP contribution in [0.15, 0.2) is 84.1 Å². The number of piperidine rings is 3. The molecule has 4 aliphatic heterocycles. The van der Waals surface area contributed by atoms with Crippen molar-refractivity contribution in [3.63, 3.8) is 0 Å². The summed E-state index contributed by atoms with van der Waals surface area (Å²) in [6, 6.07) is 9.77. The highest BCUT2D eigenvalue weighted by atomic mass is 79.9. The number of nitrogens with one attached hydrogen (secondary N) is 1. The molecule has 2 aromatic carbocycles. The SMILES string of the molecule is Clc1cc(Br)c2c(c1)C=CC1=CC(Br)=C[N-]C1=C2C1CCNCC1.NC(=O)N1CCC(CC(=O)N2CCC(C3c4ncc(Br)cc4C=Cc4cc(Cl)cc(Br)c43)CC2)CC1. The van der Waals surface area contributed by atoms with Crippen molar-refractivity contribution in [1.29, 1.82) is 0 Å².